The molecule has 8 heteroatoms. The molecule has 3 rings (SSSR count). The van der Waals surface area contributed by atoms with Crippen LogP contribution in [0.2, 0.25) is 10.0 Å². The number of unbranched alkanes of at least 4 members (excludes halogenated alkanes) is 2. The number of ether oxygens (including phenoxy) is 4. The van der Waals surface area contributed by atoms with Crippen molar-refractivity contribution in [2.24, 2.45) is 0 Å². The highest BCUT2D eigenvalue weighted by Crippen LogP contribution is 2.44. The van der Waals surface area contributed by atoms with Gasteiger partial charge in [0.2, 0.25) is 0 Å². The Morgan fingerprint density at radius 3 is 1.47 bits per heavy atom. The average molecular weight is 479 g/mol. The van der Waals surface area contributed by atoms with Crippen LogP contribution in [0.4, 0.5) is 9.59 Å². The second kappa shape index (κ2) is 11.2. The standard InChI is InChI=1S/C24H24Cl2O6/c1-3-5-11-29-23(27)31-21-17-9-7-16(26)14-20(17)22(32-24(28)30-12-6-4-2)18-10-8-15(25)13-19(18)21/h7-10,13-14H,3-6,11-12H2,1-2H3. The minimum absolute atomic E-state index is 0.238. The molecule has 0 amide bonds. The van der Waals surface area contributed by atoms with Crippen LogP contribution in [0.15, 0.2) is 36.4 Å². The number of halogens is 2. The lowest BCUT2D eigenvalue weighted by Gasteiger charge is -2.16. The van der Waals surface area contributed by atoms with Gasteiger partial charge in [-0.15, -0.1) is 0 Å². The molecule has 0 aliphatic carbocycles. The molecule has 170 valence electrons. The summed E-state index contributed by atoms with van der Waals surface area (Å²) in [6.07, 6.45) is 1.56. The SMILES string of the molecule is CCCCOC(=O)Oc1c2ccc(Cl)cc2c(OC(=O)OCCCC)c2ccc(Cl)cc12. The van der Waals surface area contributed by atoms with Gasteiger partial charge < -0.3 is 18.9 Å². The van der Waals surface area contributed by atoms with Crippen molar-refractivity contribution in [2.75, 3.05) is 13.2 Å². The van der Waals surface area contributed by atoms with Crippen LogP contribution in [-0.4, -0.2) is 25.5 Å². The van der Waals surface area contributed by atoms with E-state index >= 15 is 0 Å². The lowest BCUT2D eigenvalue weighted by molar-refractivity contribution is 0.0970. The molecule has 32 heavy (non-hydrogen) atoms. The zero-order chi connectivity index (χ0) is 23.1. The summed E-state index contributed by atoms with van der Waals surface area (Å²) >= 11 is 12.4. The van der Waals surface area contributed by atoms with Gasteiger partial charge in [-0.05, 0) is 49.2 Å². The highest BCUT2D eigenvalue weighted by atomic mass is 35.5. The Kier molecular flexibility index (Phi) is 8.42. The van der Waals surface area contributed by atoms with Crippen molar-refractivity contribution in [1.29, 1.82) is 0 Å². The summed E-state index contributed by atoms with van der Waals surface area (Å²) in [5, 5.41) is 2.83. The van der Waals surface area contributed by atoms with E-state index in [-0.39, 0.29) is 24.7 Å². The zero-order valence-corrected chi connectivity index (χ0v) is 19.4. The second-order valence-corrected chi connectivity index (χ2v) is 8.02. The van der Waals surface area contributed by atoms with E-state index < -0.39 is 12.3 Å². The summed E-state index contributed by atoms with van der Waals surface area (Å²) < 4.78 is 21.5. The van der Waals surface area contributed by atoms with Crippen LogP contribution in [0.25, 0.3) is 21.5 Å². The van der Waals surface area contributed by atoms with Crippen LogP contribution in [0, 0.1) is 0 Å². The van der Waals surface area contributed by atoms with Crippen LogP contribution in [0.5, 0.6) is 11.5 Å². The molecule has 0 atom stereocenters. The number of hydrogen-bond acceptors (Lipinski definition) is 6. The molecular weight excluding hydrogens is 455 g/mol. The minimum Gasteiger partial charge on any atom is -0.434 e. The number of fused-ring (bicyclic) bond motifs is 2. The third kappa shape index (κ3) is 5.75. The summed E-state index contributed by atoms with van der Waals surface area (Å²) in [6.45, 7) is 4.49. The highest BCUT2D eigenvalue weighted by molar-refractivity contribution is 6.33. The third-order valence-corrected chi connectivity index (χ3v) is 5.22. The van der Waals surface area contributed by atoms with Gasteiger partial charge in [0.05, 0.1) is 13.2 Å². The first kappa shape index (κ1) is 24.0. The number of carbonyl (C=O) groups is 2. The fourth-order valence-electron chi connectivity index (χ4n) is 3.14. The van der Waals surface area contributed by atoms with Crippen molar-refractivity contribution in [1.82, 2.24) is 0 Å². The van der Waals surface area contributed by atoms with Gasteiger partial charge in [0.25, 0.3) is 0 Å². The van der Waals surface area contributed by atoms with Crippen LogP contribution < -0.4 is 9.47 Å². The molecule has 0 saturated carbocycles. The van der Waals surface area contributed by atoms with E-state index in [0.717, 1.165) is 25.7 Å². The fraction of sp³-hybridized carbons (Fsp3) is 0.333. The maximum atomic E-state index is 12.3. The molecule has 0 saturated heterocycles. The molecule has 0 aliphatic heterocycles. The molecule has 0 aromatic heterocycles. The van der Waals surface area contributed by atoms with Crippen LogP contribution in [-0.2, 0) is 9.47 Å². The summed E-state index contributed by atoms with van der Waals surface area (Å²) in [7, 11) is 0. The van der Waals surface area contributed by atoms with Gasteiger partial charge in [-0.25, -0.2) is 9.59 Å². The maximum Gasteiger partial charge on any atom is 0.513 e. The topological polar surface area (TPSA) is 71.1 Å². The Morgan fingerprint density at radius 1 is 0.688 bits per heavy atom. The Hall–Kier alpha value is -2.70. The van der Waals surface area contributed by atoms with E-state index in [1.165, 1.54) is 0 Å². The predicted octanol–water partition coefficient (Wildman–Crippen LogP) is 7.93. The molecule has 0 fully saturated rings. The number of hydrogen-bond donors (Lipinski definition) is 0. The first-order chi connectivity index (χ1) is 15.4. The fourth-order valence-corrected chi connectivity index (χ4v) is 3.48. The largest absolute Gasteiger partial charge is 0.513 e. The Labute approximate surface area is 196 Å². The molecular formula is C24H24Cl2O6. The molecule has 3 aromatic carbocycles. The van der Waals surface area contributed by atoms with Crippen molar-refractivity contribution >= 4 is 57.1 Å². The Balaban J connectivity index is 2.12. The van der Waals surface area contributed by atoms with E-state index in [2.05, 4.69) is 0 Å². The number of carbonyl (C=O) groups excluding carboxylic acids is 2. The predicted molar refractivity (Wildman–Crippen MR) is 125 cm³/mol. The van der Waals surface area contributed by atoms with Crippen LogP contribution in [0.1, 0.15) is 39.5 Å². The van der Waals surface area contributed by atoms with Gasteiger partial charge >= 0.3 is 12.3 Å². The van der Waals surface area contributed by atoms with Crippen molar-refractivity contribution in [3.05, 3.63) is 46.4 Å². The summed E-state index contributed by atoms with van der Waals surface area (Å²) in [4.78, 5) is 24.7. The molecule has 3 aromatic rings. The minimum atomic E-state index is -0.830. The zero-order valence-electron chi connectivity index (χ0n) is 17.9. The van der Waals surface area contributed by atoms with Gasteiger partial charge in [0.15, 0.2) is 11.5 Å². The van der Waals surface area contributed by atoms with Crippen molar-refractivity contribution in [3.8, 4) is 11.5 Å². The molecule has 6 nitrogen and oxygen atoms in total. The highest BCUT2D eigenvalue weighted by Gasteiger charge is 2.22. The monoisotopic (exact) mass is 478 g/mol. The Bertz CT molecular complexity index is 1040. The molecule has 0 spiro atoms. The normalized spacial score (nSPS) is 10.9. The molecule has 0 unspecified atom stereocenters. The average Bonchev–Trinajstić information content (AvgIpc) is 2.76. The lowest BCUT2D eigenvalue weighted by atomic mass is 10.0. The van der Waals surface area contributed by atoms with Gasteiger partial charge in [-0.3, -0.25) is 0 Å². The van der Waals surface area contributed by atoms with Crippen LogP contribution in [0.3, 0.4) is 0 Å². The Morgan fingerprint density at radius 2 is 1.09 bits per heavy atom. The number of rotatable bonds is 8. The quantitative estimate of drug-likeness (QED) is 0.141. The smallest absolute Gasteiger partial charge is 0.434 e. The summed E-state index contributed by atoms with van der Waals surface area (Å²) in [5.74, 6) is 0.477. The van der Waals surface area contributed by atoms with Gasteiger partial charge in [0.1, 0.15) is 0 Å². The van der Waals surface area contributed by atoms with Gasteiger partial charge in [0, 0.05) is 31.6 Å². The first-order valence-corrected chi connectivity index (χ1v) is 11.2. The molecule has 0 bridgehead atoms. The van der Waals surface area contributed by atoms with E-state index in [1.54, 1.807) is 36.4 Å². The van der Waals surface area contributed by atoms with Crippen molar-refractivity contribution in [3.63, 3.8) is 0 Å². The first-order valence-electron chi connectivity index (χ1n) is 10.5. The van der Waals surface area contributed by atoms with E-state index in [1.807, 2.05) is 13.8 Å². The summed E-state index contributed by atoms with van der Waals surface area (Å²) in [6, 6.07) is 9.94. The van der Waals surface area contributed by atoms with E-state index in [4.69, 9.17) is 42.1 Å². The molecule has 0 heterocycles. The molecule has 0 N–H and O–H groups in total. The lowest BCUT2D eigenvalue weighted by Crippen LogP contribution is -2.13. The van der Waals surface area contributed by atoms with Crippen molar-refractivity contribution < 1.29 is 28.5 Å². The van der Waals surface area contributed by atoms with Gasteiger partial charge in [-0.1, -0.05) is 49.9 Å². The third-order valence-electron chi connectivity index (χ3n) is 4.75. The van der Waals surface area contributed by atoms with Gasteiger partial charge in [-0.2, -0.15) is 0 Å². The van der Waals surface area contributed by atoms with Crippen molar-refractivity contribution in [2.45, 2.75) is 39.5 Å². The van der Waals surface area contributed by atoms with E-state index in [0.29, 0.717) is 31.6 Å². The summed E-state index contributed by atoms with van der Waals surface area (Å²) in [5.41, 5.74) is 0. The molecule has 0 aliphatic rings. The van der Waals surface area contributed by atoms with Crippen LogP contribution >= 0.6 is 23.2 Å². The maximum absolute atomic E-state index is 12.3. The van der Waals surface area contributed by atoms with E-state index in [9.17, 15) is 9.59 Å². The second-order valence-electron chi connectivity index (χ2n) is 7.15. The number of benzene rings is 3. The molecule has 0 radical (unpaired) electrons.